The number of hydrogen-bond acceptors (Lipinski definition) is 4. The van der Waals surface area contributed by atoms with E-state index in [-0.39, 0.29) is 11.9 Å². The van der Waals surface area contributed by atoms with Crippen molar-refractivity contribution in [2.45, 2.75) is 25.7 Å². The molecule has 1 fully saturated rings. The van der Waals surface area contributed by atoms with Gasteiger partial charge in [-0.3, -0.25) is 5.10 Å². The molecular weight excluding hydrogens is 330 g/mol. The van der Waals surface area contributed by atoms with Crippen molar-refractivity contribution in [3.63, 3.8) is 0 Å². The number of nitrogens with one attached hydrogen (secondary N) is 3. The Kier molecular flexibility index (Phi) is 4.39. The number of aryl methyl sites for hydroxylation is 1. The van der Waals surface area contributed by atoms with Gasteiger partial charge in [-0.25, -0.2) is 14.8 Å². The SMILES string of the molecule is Cc1nc(C2CCCN(C(=O)Nc3cccc(-c4cnc[nH]4)c3)C2)n[nH]1. The summed E-state index contributed by atoms with van der Waals surface area (Å²) in [4.78, 5) is 26.1. The maximum absolute atomic E-state index is 12.7. The van der Waals surface area contributed by atoms with Gasteiger partial charge in [0, 0.05) is 30.3 Å². The number of aromatic amines is 2. The molecule has 134 valence electrons. The fourth-order valence-electron chi connectivity index (χ4n) is 3.30. The summed E-state index contributed by atoms with van der Waals surface area (Å²) < 4.78 is 0. The van der Waals surface area contributed by atoms with E-state index in [0.717, 1.165) is 48.0 Å². The number of benzene rings is 1. The Bertz CT molecular complexity index is 887. The van der Waals surface area contributed by atoms with Crippen LogP contribution in [0.3, 0.4) is 0 Å². The zero-order chi connectivity index (χ0) is 17.9. The molecule has 3 aromatic rings. The molecule has 4 rings (SSSR count). The topological polar surface area (TPSA) is 103 Å². The number of piperidine rings is 1. The van der Waals surface area contributed by atoms with Crippen molar-refractivity contribution in [2.24, 2.45) is 0 Å². The van der Waals surface area contributed by atoms with Crippen molar-refractivity contribution in [1.29, 1.82) is 0 Å². The smallest absolute Gasteiger partial charge is 0.321 e. The van der Waals surface area contributed by atoms with Crippen molar-refractivity contribution in [1.82, 2.24) is 30.0 Å². The monoisotopic (exact) mass is 351 g/mol. The zero-order valence-electron chi connectivity index (χ0n) is 14.6. The second-order valence-electron chi connectivity index (χ2n) is 6.54. The first-order chi connectivity index (χ1) is 12.7. The van der Waals surface area contributed by atoms with Gasteiger partial charge >= 0.3 is 6.03 Å². The fourth-order valence-corrected chi connectivity index (χ4v) is 3.30. The van der Waals surface area contributed by atoms with Crippen LogP contribution in [0.15, 0.2) is 36.8 Å². The number of amides is 2. The summed E-state index contributed by atoms with van der Waals surface area (Å²) in [5.74, 6) is 1.77. The molecule has 0 radical (unpaired) electrons. The number of carbonyl (C=O) groups is 1. The summed E-state index contributed by atoms with van der Waals surface area (Å²) in [7, 11) is 0. The largest absolute Gasteiger partial charge is 0.345 e. The number of nitrogens with zero attached hydrogens (tertiary/aromatic N) is 4. The highest BCUT2D eigenvalue weighted by Gasteiger charge is 2.27. The van der Waals surface area contributed by atoms with Crippen molar-refractivity contribution in [3.8, 4) is 11.3 Å². The number of H-pyrrole nitrogens is 2. The minimum absolute atomic E-state index is 0.0938. The molecule has 0 aliphatic carbocycles. The van der Waals surface area contributed by atoms with Crippen LogP contribution in [0, 0.1) is 6.92 Å². The first kappa shape index (κ1) is 16.3. The molecule has 3 N–H and O–H groups in total. The minimum Gasteiger partial charge on any atom is -0.345 e. The van der Waals surface area contributed by atoms with Crippen LogP contribution >= 0.6 is 0 Å². The van der Waals surface area contributed by atoms with E-state index in [1.807, 2.05) is 36.1 Å². The molecule has 1 saturated heterocycles. The van der Waals surface area contributed by atoms with Crippen LogP contribution in [0.5, 0.6) is 0 Å². The van der Waals surface area contributed by atoms with Gasteiger partial charge in [-0.1, -0.05) is 12.1 Å². The molecule has 0 bridgehead atoms. The van der Waals surface area contributed by atoms with Gasteiger partial charge in [-0.2, -0.15) is 5.10 Å². The van der Waals surface area contributed by atoms with E-state index in [1.54, 1.807) is 12.5 Å². The van der Waals surface area contributed by atoms with Gasteiger partial charge in [0.25, 0.3) is 0 Å². The Hall–Kier alpha value is -3.16. The number of rotatable bonds is 3. The van der Waals surface area contributed by atoms with Gasteiger partial charge in [-0.15, -0.1) is 0 Å². The molecule has 1 aliphatic heterocycles. The summed E-state index contributed by atoms with van der Waals surface area (Å²) in [5.41, 5.74) is 2.66. The quantitative estimate of drug-likeness (QED) is 0.675. The minimum atomic E-state index is -0.0938. The predicted molar refractivity (Wildman–Crippen MR) is 97.7 cm³/mol. The number of imidazole rings is 1. The standard InChI is InChI=1S/C18H21N7O/c1-12-21-17(24-23-12)14-5-3-7-25(10-14)18(26)22-15-6-2-4-13(8-15)16-9-19-11-20-16/h2,4,6,8-9,11,14H,3,5,7,10H2,1H3,(H,19,20)(H,22,26)(H,21,23,24). The summed E-state index contributed by atoms with van der Waals surface area (Å²) in [6.07, 6.45) is 5.34. The van der Waals surface area contributed by atoms with Crippen molar-refractivity contribution in [2.75, 3.05) is 18.4 Å². The zero-order valence-corrected chi connectivity index (χ0v) is 14.6. The van der Waals surface area contributed by atoms with Crippen LogP contribution in [0.2, 0.25) is 0 Å². The Morgan fingerprint density at radius 2 is 2.31 bits per heavy atom. The highest BCUT2D eigenvalue weighted by Crippen LogP contribution is 2.25. The van der Waals surface area contributed by atoms with E-state index in [9.17, 15) is 4.79 Å². The lowest BCUT2D eigenvalue weighted by Gasteiger charge is -2.31. The maximum atomic E-state index is 12.7. The van der Waals surface area contributed by atoms with Crippen LogP contribution in [-0.4, -0.2) is 49.2 Å². The average Bonchev–Trinajstić information content (AvgIpc) is 3.34. The summed E-state index contributed by atoms with van der Waals surface area (Å²) in [5, 5.41) is 10.1. The Morgan fingerprint density at radius 3 is 3.08 bits per heavy atom. The third-order valence-corrected chi connectivity index (χ3v) is 4.61. The van der Waals surface area contributed by atoms with E-state index < -0.39 is 0 Å². The van der Waals surface area contributed by atoms with E-state index in [4.69, 9.17) is 0 Å². The molecule has 8 nitrogen and oxygen atoms in total. The number of carbonyl (C=O) groups excluding carboxylic acids is 1. The van der Waals surface area contributed by atoms with Gasteiger partial charge in [0.15, 0.2) is 5.82 Å². The molecular formula is C18H21N7O. The second-order valence-corrected chi connectivity index (χ2v) is 6.54. The lowest BCUT2D eigenvalue weighted by Crippen LogP contribution is -2.41. The molecule has 0 saturated carbocycles. The van der Waals surface area contributed by atoms with Crippen LogP contribution in [-0.2, 0) is 0 Å². The van der Waals surface area contributed by atoms with E-state index >= 15 is 0 Å². The van der Waals surface area contributed by atoms with Crippen LogP contribution in [0.1, 0.15) is 30.4 Å². The lowest BCUT2D eigenvalue weighted by molar-refractivity contribution is 0.191. The summed E-state index contributed by atoms with van der Waals surface area (Å²) >= 11 is 0. The van der Waals surface area contributed by atoms with E-state index in [2.05, 4.69) is 30.5 Å². The number of aromatic nitrogens is 5. The normalized spacial score (nSPS) is 17.3. The molecule has 1 atom stereocenters. The fraction of sp³-hybridized carbons (Fsp3) is 0.333. The molecule has 1 aliphatic rings. The van der Waals surface area contributed by atoms with Crippen LogP contribution < -0.4 is 5.32 Å². The third kappa shape index (κ3) is 3.44. The first-order valence-corrected chi connectivity index (χ1v) is 8.72. The highest BCUT2D eigenvalue weighted by molar-refractivity contribution is 5.90. The van der Waals surface area contributed by atoms with Gasteiger partial charge in [0.05, 0.1) is 18.2 Å². The third-order valence-electron chi connectivity index (χ3n) is 4.61. The number of urea groups is 1. The van der Waals surface area contributed by atoms with Gasteiger partial charge in [0.2, 0.25) is 0 Å². The number of likely N-dealkylation sites (tertiary alicyclic amines) is 1. The predicted octanol–water partition coefficient (Wildman–Crippen LogP) is 2.91. The molecule has 1 aromatic carbocycles. The van der Waals surface area contributed by atoms with Crippen molar-refractivity contribution in [3.05, 3.63) is 48.4 Å². The Labute approximate surface area is 151 Å². The second kappa shape index (κ2) is 6.99. The summed E-state index contributed by atoms with van der Waals surface area (Å²) in [6.45, 7) is 3.26. The van der Waals surface area contributed by atoms with Crippen LogP contribution in [0.4, 0.5) is 10.5 Å². The Morgan fingerprint density at radius 1 is 1.38 bits per heavy atom. The molecule has 1 unspecified atom stereocenters. The van der Waals surface area contributed by atoms with Gasteiger partial charge in [-0.05, 0) is 31.9 Å². The average molecular weight is 351 g/mol. The molecule has 2 aromatic heterocycles. The summed E-state index contributed by atoms with van der Waals surface area (Å²) in [6, 6.07) is 7.62. The molecule has 26 heavy (non-hydrogen) atoms. The van der Waals surface area contributed by atoms with Gasteiger partial charge in [0.1, 0.15) is 5.82 Å². The molecule has 8 heteroatoms. The molecule has 2 amide bonds. The van der Waals surface area contributed by atoms with Crippen molar-refractivity contribution < 1.29 is 4.79 Å². The Balaban J connectivity index is 1.44. The van der Waals surface area contributed by atoms with Crippen molar-refractivity contribution >= 4 is 11.7 Å². The first-order valence-electron chi connectivity index (χ1n) is 8.72. The number of anilines is 1. The molecule has 0 spiro atoms. The number of hydrogen-bond donors (Lipinski definition) is 3. The van der Waals surface area contributed by atoms with E-state index in [1.165, 1.54) is 0 Å². The maximum Gasteiger partial charge on any atom is 0.321 e. The van der Waals surface area contributed by atoms with E-state index in [0.29, 0.717) is 6.54 Å². The molecule has 3 heterocycles. The lowest BCUT2D eigenvalue weighted by atomic mass is 9.97. The highest BCUT2D eigenvalue weighted by atomic mass is 16.2. The van der Waals surface area contributed by atoms with Gasteiger partial charge < -0.3 is 15.2 Å². The van der Waals surface area contributed by atoms with Crippen LogP contribution in [0.25, 0.3) is 11.3 Å².